The molecular formula is C25H30N4O4S2. The summed E-state index contributed by atoms with van der Waals surface area (Å²) in [6.45, 7) is 4.59. The van der Waals surface area contributed by atoms with Gasteiger partial charge in [-0.2, -0.15) is 12.7 Å². The summed E-state index contributed by atoms with van der Waals surface area (Å²) in [6.07, 6.45) is 1.59. The highest BCUT2D eigenvalue weighted by atomic mass is 32.2. The molecule has 0 aliphatic carbocycles. The Kier molecular flexibility index (Phi) is 8.76. The van der Waals surface area contributed by atoms with E-state index in [1.165, 1.54) is 36.4 Å². The lowest BCUT2D eigenvalue weighted by Gasteiger charge is -2.23. The molecule has 0 aliphatic rings. The lowest BCUT2D eigenvalue weighted by Crippen LogP contribution is -2.39. The van der Waals surface area contributed by atoms with Gasteiger partial charge in [0, 0.05) is 31.6 Å². The molecular weight excluding hydrogens is 484 g/mol. The average Bonchev–Trinajstić information content (AvgIpc) is 3.29. The Morgan fingerprint density at radius 2 is 1.77 bits per heavy atom. The standard InChI is InChI=1S/C25H30N4O4S2/c1-18-12-13-19(2)21(15-18)25(31)29(14-8-11-20-9-6-5-7-10-20)16-23-26-22(17-34-23)24(30)27-35(32,33)28(3)4/h5-7,9-10,12-13,15,17H,8,11,14,16H2,1-4H3,(H,27,30). The minimum atomic E-state index is -3.92. The van der Waals surface area contributed by atoms with E-state index in [1.54, 1.807) is 4.90 Å². The van der Waals surface area contributed by atoms with Gasteiger partial charge in [0.2, 0.25) is 0 Å². The Balaban J connectivity index is 1.78. The van der Waals surface area contributed by atoms with Gasteiger partial charge in [0.15, 0.2) is 0 Å². The maximum atomic E-state index is 13.5. The first-order valence-electron chi connectivity index (χ1n) is 11.2. The number of aryl methyl sites for hydroxylation is 3. The molecule has 1 heterocycles. The van der Waals surface area contributed by atoms with Crippen molar-refractivity contribution in [1.82, 2.24) is 18.9 Å². The summed E-state index contributed by atoms with van der Waals surface area (Å²) in [5.41, 5.74) is 3.72. The van der Waals surface area contributed by atoms with Crippen molar-refractivity contribution in [2.45, 2.75) is 33.2 Å². The molecule has 1 N–H and O–H groups in total. The third-order valence-corrected chi connectivity index (χ3v) is 7.70. The zero-order valence-corrected chi connectivity index (χ0v) is 21.9. The molecule has 2 amide bonds. The van der Waals surface area contributed by atoms with E-state index in [-0.39, 0.29) is 18.1 Å². The Morgan fingerprint density at radius 3 is 2.46 bits per heavy atom. The average molecular weight is 515 g/mol. The molecule has 0 saturated carbocycles. The van der Waals surface area contributed by atoms with E-state index in [4.69, 9.17) is 0 Å². The zero-order valence-electron chi connectivity index (χ0n) is 20.3. The van der Waals surface area contributed by atoms with Gasteiger partial charge in [-0.25, -0.2) is 9.71 Å². The van der Waals surface area contributed by atoms with Crippen LogP contribution in [0.4, 0.5) is 0 Å². The number of amides is 2. The van der Waals surface area contributed by atoms with E-state index in [0.29, 0.717) is 17.1 Å². The fraction of sp³-hybridized carbons (Fsp3) is 0.320. The molecule has 3 aromatic rings. The van der Waals surface area contributed by atoms with Gasteiger partial charge in [-0.1, -0.05) is 48.0 Å². The fourth-order valence-electron chi connectivity index (χ4n) is 3.42. The number of rotatable bonds is 10. The van der Waals surface area contributed by atoms with Gasteiger partial charge in [0.25, 0.3) is 11.8 Å². The number of benzene rings is 2. The molecule has 0 aliphatic heterocycles. The Labute approximate surface area is 210 Å². The predicted octanol–water partition coefficient (Wildman–Crippen LogP) is 3.57. The van der Waals surface area contributed by atoms with Crippen molar-refractivity contribution in [1.29, 1.82) is 0 Å². The second kappa shape index (κ2) is 11.6. The van der Waals surface area contributed by atoms with Crippen LogP contribution in [0.25, 0.3) is 0 Å². The van der Waals surface area contributed by atoms with Crippen molar-refractivity contribution in [2.75, 3.05) is 20.6 Å². The van der Waals surface area contributed by atoms with E-state index < -0.39 is 16.1 Å². The smallest absolute Gasteiger partial charge is 0.303 e. The van der Waals surface area contributed by atoms with Gasteiger partial charge in [0.1, 0.15) is 10.7 Å². The third kappa shape index (κ3) is 7.20. The maximum absolute atomic E-state index is 13.5. The van der Waals surface area contributed by atoms with Gasteiger partial charge in [-0.15, -0.1) is 11.3 Å². The van der Waals surface area contributed by atoms with Crippen LogP contribution in [0.5, 0.6) is 0 Å². The number of aromatic nitrogens is 1. The molecule has 8 nitrogen and oxygen atoms in total. The number of carbonyl (C=O) groups is 2. The van der Waals surface area contributed by atoms with Gasteiger partial charge in [-0.05, 0) is 43.9 Å². The lowest BCUT2D eigenvalue weighted by molar-refractivity contribution is 0.0740. The summed E-state index contributed by atoms with van der Waals surface area (Å²) >= 11 is 1.22. The Hall–Kier alpha value is -3.08. The number of nitrogens with zero attached hydrogens (tertiary/aromatic N) is 3. The molecule has 0 spiro atoms. The highest BCUT2D eigenvalue weighted by molar-refractivity contribution is 7.87. The van der Waals surface area contributed by atoms with Gasteiger partial charge < -0.3 is 4.90 Å². The maximum Gasteiger partial charge on any atom is 0.303 e. The topological polar surface area (TPSA) is 99.7 Å². The van der Waals surface area contributed by atoms with E-state index in [0.717, 1.165) is 28.3 Å². The summed E-state index contributed by atoms with van der Waals surface area (Å²) in [5, 5.41) is 2.05. The minimum absolute atomic E-state index is 0.00107. The summed E-state index contributed by atoms with van der Waals surface area (Å²) in [5.74, 6) is -0.909. The minimum Gasteiger partial charge on any atom is -0.332 e. The molecule has 1 aromatic heterocycles. The van der Waals surface area contributed by atoms with Gasteiger partial charge in [0.05, 0.1) is 6.54 Å². The number of carbonyl (C=O) groups excluding carboxylic acids is 2. The van der Waals surface area contributed by atoms with Crippen molar-refractivity contribution < 1.29 is 18.0 Å². The van der Waals surface area contributed by atoms with Crippen molar-refractivity contribution in [2.24, 2.45) is 0 Å². The first-order valence-corrected chi connectivity index (χ1v) is 13.5. The molecule has 0 atom stereocenters. The van der Waals surface area contributed by atoms with Crippen LogP contribution in [0.3, 0.4) is 0 Å². The SMILES string of the molecule is Cc1ccc(C)c(C(=O)N(CCCc2ccccc2)Cc2nc(C(=O)NS(=O)(=O)N(C)C)cs2)c1. The van der Waals surface area contributed by atoms with Crippen molar-refractivity contribution in [3.05, 3.63) is 86.9 Å². The van der Waals surface area contributed by atoms with Crippen molar-refractivity contribution in [3.63, 3.8) is 0 Å². The molecule has 0 fully saturated rings. The largest absolute Gasteiger partial charge is 0.332 e. The molecule has 2 aromatic carbocycles. The van der Waals surface area contributed by atoms with Crippen LogP contribution >= 0.6 is 11.3 Å². The molecule has 10 heteroatoms. The fourth-order valence-corrected chi connectivity index (χ4v) is 4.73. The molecule has 35 heavy (non-hydrogen) atoms. The van der Waals surface area contributed by atoms with E-state index >= 15 is 0 Å². The van der Waals surface area contributed by atoms with E-state index in [2.05, 4.69) is 17.1 Å². The monoisotopic (exact) mass is 514 g/mol. The molecule has 0 unspecified atom stereocenters. The molecule has 0 radical (unpaired) electrons. The van der Waals surface area contributed by atoms with E-state index in [1.807, 2.05) is 55.0 Å². The molecule has 3 rings (SSSR count). The Morgan fingerprint density at radius 1 is 1.06 bits per heavy atom. The van der Waals surface area contributed by atoms with Crippen LogP contribution in [-0.4, -0.2) is 55.1 Å². The van der Waals surface area contributed by atoms with Crippen LogP contribution in [0.15, 0.2) is 53.9 Å². The van der Waals surface area contributed by atoms with Crippen LogP contribution in [0, 0.1) is 13.8 Å². The van der Waals surface area contributed by atoms with Crippen LogP contribution in [0.1, 0.15) is 49.0 Å². The zero-order chi connectivity index (χ0) is 25.6. The summed E-state index contributed by atoms with van der Waals surface area (Å²) in [6, 6.07) is 15.9. The highest BCUT2D eigenvalue weighted by Crippen LogP contribution is 2.19. The first kappa shape index (κ1) is 26.5. The molecule has 186 valence electrons. The summed E-state index contributed by atoms with van der Waals surface area (Å²) in [4.78, 5) is 31.9. The van der Waals surface area contributed by atoms with Crippen LogP contribution in [-0.2, 0) is 23.2 Å². The summed E-state index contributed by atoms with van der Waals surface area (Å²) in [7, 11) is -1.27. The van der Waals surface area contributed by atoms with Crippen molar-refractivity contribution >= 4 is 33.4 Å². The first-order chi connectivity index (χ1) is 16.6. The predicted molar refractivity (Wildman–Crippen MR) is 138 cm³/mol. The Bertz CT molecular complexity index is 1290. The van der Waals surface area contributed by atoms with E-state index in [9.17, 15) is 18.0 Å². The summed E-state index contributed by atoms with van der Waals surface area (Å²) < 4.78 is 26.8. The number of nitrogens with one attached hydrogen (secondary N) is 1. The molecule has 0 bridgehead atoms. The second-order valence-electron chi connectivity index (χ2n) is 8.48. The van der Waals surface area contributed by atoms with Gasteiger partial charge >= 0.3 is 10.2 Å². The number of hydrogen-bond acceptors (Lipinski definition) is 6. The normalized spacial score (nSPS) is 11.5. The number of thiazole rings is 1. The second-order valence-corrected chi connectivity index (χ2v) is 11.3. The third-order valence-electron chi connectivity index (χ3n) is 5.46. The lowest BCUT2D eigenvalue weighted by atomic mass is 10.0. The number of hydrogen-bond donors (Lipinski definition) is 1. The quantitative estimate of drug-likeness (QED) is 0.446. The van der Waals surface area contributed by atoms with Crippen LogP contribution < -0.4 is 4.72 Å². The highest BCUT2D eigenvalue weighted by Gasteiger charge is 2.23. The van der Waals surface area contributed by atoms with Crippen molar-refractivity contribution in [3.8, 4) is 0 Å². The molecule has 0 saturated heterocycles. The van der Waals surface area contributed by atoms with Gasteiger partial charge in [-0.3, -0.25) is 9.59 Å². The van der Waals surface area contributed by atoms with Crippen LogP contribution in [0.2, 0.25) is 0 Å².